The molecule has 0 spiro atoms. The second-order valence-corrected chi connectivity index (χ2v) is 5.08. The molecule has 0 aromatic heterocycles. The van der Waals surface area contributed by atoms with Gasteiger partial charge in [0, 0.05) is 12.3 Å². The van der Waals surface area contributed by atoms with Gasteiger partial charge in [-0.1, -0.05) is 60.7 Å². The lowest BCUT2D eigenvalue weighted by molar-refractivity contribution is -0.137. The van der Waals surface area contributed by atoms with E-state index in [1.165, 1.54) is 22.3 Å². The van der Waals surface area contributed by atoms with Crippen molar-refractivity contribution in [3.63, 3.8) is 0 Å². The van der Waals surface area contributed by atoms with Crippen molar-refractivity contribution in [2.75, 3.05) is 0 Å². The fourth-order valence-electron chi connectivity index (χ4n) is 2.89. The van der Waals surface area contributed by atoms with E-state index in [2.05, 4.69) is 36.4 Å². The van der Waals surface area contributed by atoms with E-state index in [4.69, 9.17) is 5.11 Å². The molecule has 0 radical (unpaired) electrons. The van der Waals surface area contributed by atoms with Crippen LogP contribution < -0.4 is 0 Å². The molecule has 3 rings (SSSR count). The molecule has 2 nitrogen and oxygen atoms in total. The quantitative estimate of drug-likeness (QED) is 0.903. The Morgan fingerprint density at radius 2 is 1.40 bits per heavy atom. The molecule has 2 aromatic rings. The van der Waals surface area contributed by atoms with Crippen LogP contribution in [0.25, 0.3) is 12.2 Å². The zero-order chi connectivity index (χ0) is 13.9. The summed E-state index contributed by atoms with van der Waals surface area (Å²) in [7, 11) is 0. The number of fused-ring (bicyclic) bond motifs is 2. The van der Waals surface area contributed by atoms with Gasteiger partial charge >= 0.3 is 5.97 Å². The van der Waals surface area contributed by atoms with Gasteiger partial charge in [0.25, 0.3) is 0 Å². The van der Waals surface area contributed by atoms with Gasteiger partial charge in [-0.15, -0.1) is 0 Å². The third-order valence-corrected chi connectivity index (χ3v) is 3.83. The highest BCUT2D eigenvalue weighted by Crippen LogP contribution is 2.37. The number of rotatable bonds is 3. The third kappa shape index (κ3) is 2.37. The minimum absolute atomic E-state index is 0.147. The summed E-state index contributed by atoms with van der Waals surface area (Å²) in [6, 6.07) is 16.5. The molecule has 1 aliphatic carbocycles. The third-order valence-electron chi connectivity index (χ3n) is 3.83. The molecule has 0 saturated carbocycles. The van der Waals surface area contributed by atoms with Crippen molar-refractivity contribution in [3.8, 4) is 0 Å². The Labute approximate surface area is 118 Å². The first kappa shape index (κ1) is 12.7. The van der Waals surface area contributed by atoms with Crippen molar-refractivity contribution >= 4 is 18.1 Å². The highest BCUT2D eigenvalue weighted by atomic mass is 16.4. The molecule has 0 heterocycles. The predicted octanol–water partition coefficient (Wildman–Crippen LogP) is 4.17. The van der Waals surface area contributed by atoms with Crippen molar-refractivity contribution in [1.82, 2.24) is 0 Å². The molecule has 2 aromatic carbocycles. The minimum Gasteiger partial charge on any atom is -0.481 e. The molecule has 0 aliphatic heterocycles. The molecule has 0 amide bonds. The second-order valence-electron chi connectivity index (χ2n) is 5.08. The number of carboxylic acid groups (broad SMARTS) is 1. The minimum atomic E-state index is -0.739. The molecular formula is C18H16O2. The molecule has 2 heteroatoms. The van der Waals surface area contributed by atoms with Gasteiger partial charge in [-0.25, -0.2) is 0 Å². The van der Waals surface area contributed by atoms with E-state index in [9.17, 15) is 4.79 Å². The van der Waals surface area contributed by atoms with Crippen LogP contribution in [0, 0.1) is 0 Å². The number of carbonyl (C=O) groups is 1. The van der Waals surface area contributed by atoms with Crippen molar-refractivity contribution in [3.05, 3.63) is 70.8 Å². The van der Waals surface area contributed by atoms with Crippen molar-refractivity contribution in [1.29, 1.82) is 0 Å². The van der Waals surface area contributed by atoms with Crippen LogP contribution in [0.3, 0.4) is 0 Å². The molecule has 0 bridgehead atoms. The Hall–Kier alpha value is -2.35. The summed E-state index contributed by atoms with van der Waals surface area (Å²) >= 11 is 0. The van der Waals surface area contributed by atoms with Crippen LogP contribution in [0.5, 0.6) is 0 Å². The molecule has 20 heavy (non-hydrogen) atoms. The van der Waals surface area contributed by atoms with Gasteiger partial charge in [0.2, 0.25) is 0 Å². The average molecular weight is 264 g/mol. The molecule has 0 atom stereocenters. The summed E-state index contributed by atoms with van der Waals surface area (Å²) in [5.41, 5.74) is 4.79. The Balaban J connectivity index is 2.10. The zero-order valence-electron chi connectivity index (χ0n) is 11.1. The number of hydrogen-bond acceptors (Lipinski definition) is 1. The summed E-state index contributed by atoms with van der Waals surface area (Å²) < 4.78 is 0. The first-order chi connectivity index (χ1) is 9.75. The van der Waals surface area contributed by atoms with Gasteiger partial charge < -0.3 is 5.11 Å². The number of benzene rings is 2. The summed E-state index contributed by atoms with van der Waals surface area (Å²) in [5, 5.41) is 8.99. The SMILES string of the molecule is O=C(O)CCC1c2ccccc2C=Cc2ccccc21. The highest BCUT2D eigenvalue weighted by molar-refractivity contribution is 5.76. The molecular weight excluding hydrogens is 248 g/mol. The van der Waals surface area contributed by atoms with Crippen molar-refractivity contribution < 1.29 is 9.90 Å². The monoisotopic (exact) mass is 264 g/mol. The van der Waals surface area contributed by atoms with E-state index in [0.29, 0.717) is 6.42 Å². The van der Waals surface area contributed by atoms with Crippen LogP contribution >= 0.6 is 0 Å². The van der Waals surface area contributed by atoms with Gasteiger partial charge in [-0.05, 0) is 28.7 Å². The van der Waals surface area contributed by atoms with E-state index in [1.807, 2.05) is 24.3 Å². The van der Waals surface area contributed by atoms with E-state index in [1.54, 1.807) is 0 Å². The van der Waals surface area contributed by atoms with Gasteiger partial charge in [-0.3, -0.25) is 4.79 Å². The zero-order valence-corrected chi connectivity index (χ0v) is 11.1. The first-order valence-electron chi connectivity index (χ1n) is 6.83. The van der Waals surface area contributed by atoms with Crippen LogP contribution in [-0.2, 0) is 4.79 Å². The lowest BCUT2D eigenvalue weighted by Gasteiger charge is -2.19. The molecule has 0 unspecified atom stereocenters. The van der Waals surface area contributed by atoms with Crippen LogP contribution in [0.1, 0.15) is 41.0 Å². The Morgan fingerprint density at radius 3 is 1.90 bits per heavy atom. The van der Waals surface area contributed by atoms with E-state index in [0.717, 1.165) is 0 Å². The number of aliphatic carboxylic acids is 1. The lowest BCUT2D eigenvalue weighted by atomic mass is 9.84. The standard InChI is InChI=1S/C18H16O2/c19-18(20)12-11-17-15-7-3-1-5-13(15)9-10-14-6-2-4-8-16(14)17/h1-10,17H,11-12H2,(H,19,20). The average Bonchev–Trinajstić information content (AvgIpc) is 2.62. The summed E-state index contributed by atoms with van der Waals surface area (Å²) in [6.07, 6.45) is 5.06. The van der Waals surface area contributed by atoms with Crippen LogP contribution in [-0.4, -0.2) is 11.1 Å². The molecule has 1 N–H and O–H groups in total. The molecule has 1 aliphatic rings. The number of hydrogen-bond donors (Lipinski definition) is 1. The number of carboxylic acids is 1. The molecule has 0 fully saturated rings. The highest BCUT2D eigenvalue weighted by Gasteiger charge is 2.21. The largest absolute Gasteiger partial charge is 0.481 e. The van der Waals surface area contributed by atoms with Crippen LogP contribution in [0.15, 0.2) is 48.5 Å². The van der Waals surface area contributed by atoms with E-state index < -0.39 is 5.97 Å². The maximum absolute atomic E-state index is 10.9. The Bertz CT molecular complexity index is 621. The fraction of sp³-hybridized carbons (Fsp3) is 0.167. The maximum atomic E-state index is 10.9. The lowest BCUT2D eigenvalue weighted by Crippen LogP contribution is -2.07. The van der Waals surface area contributed by atoms with Gasteiger partial charge in [0.15, 0.2) is 0 Å². The molecule has 0 saturated heterocycles. The smallest absolute Gasteiger partial charge is 0.303 e. The summed E-state index contributed by atoms with van der Waals surface area (Å²) in [6.45, 7) is 0. The van der Waals surface area contributed by atoms with Gasteiger partial charge in [-0.2, -0.15) is 0 Å². The second kappa shape index (κ2) is 5.33. The normalized spacial score (nSPS) is 13.4. The fourth-order valence-corrected chi connectivity index (χ4v) is 2.89. The summed E-state index contributed by atoms with van der Waals surface area (Å²) in [5.74, 6) is -0.592. The van der Waals surface area contributed by atoms with Crippen LogP contribution in [0.4, 0.5) is 0 Å². The van der Waals surface area contributed by atoms with Crippen molar-refractivity contribution in [2.24, 2.45) is 0 Å². The van der Waals surface area contributed by atoms with Crippen molar-refractivity contribution in [2.45, 2.75) is 18.8 Å². The summed E-state index contributed by atoms with van der Waals surface area (Å²) in [4.78, 5) is 10.9. The van der Waals surface area contributed by atoms with Crippen LogP contribution in [0.2, 0.25) is 0 Å². The first-order valence-corrected chi connectivity index (χ1v) is 6.83. The Kier molecular flexibility index (Phi) is 3.38. The van der Waals surface area contributed by atoms with E-state index >= 15 is 0 Å². The predicted molar refractivity (Wildman–Crippen MR) is 80.5 cm³/mol. The Morgan fingerprint density at radius 1 is 0.900 bits per heavy atom. The topological polar surface area (TPSA) is 37.3 Å². The molecule has 100 valence electrons. The van der Waals surface area contributed by atoms with Gasteiger partial charge in [0.05, 0.1) is 0 Å². The van der Waals surface area contributed by atoms with E-state index in [-0.39, 0.29) is 12.3 Å². The van der Waals surface area contributed by atoms with Gasteiger partial charge in [0.1, 0.15) is 0 Å². The maximum Gasteiger partial charge on any atom is 0.303 e.